The first-order valence-corrected chi connectivity index (χ1v) is 6.83. The fourth-order valence-electron chi connectivity index (χ4n) is 1.27. The Morgan fingerprint density at radius 1 is 1.41 bits per heavy atom. The Bertz CT molecular complexity index is 411. The Morgan fingerprint density at radius 2 is 2.00 bits per heavy atom. The number of sulfonamides is 1. The van der Waals surface area contributed by atoms with Crippen molar-refractivity contribution in [1.29, 1.82) is 0 Å². The average Bonchev–Trinajstić information content (AvgIpc) is 2.95. The molecule has 0 heterocycles. The number of aliphatic carboxylic acids is 1. The molecule has 0 bridgehead atoms. The number of carboxylic acids is 1. The van der Waals surface area contributed by atoms with Crippen LogP contribution in [0.4, 0.5) is 0 Å². The lowest BCUT2D eigenvalue weighted by Gasteiger charge is -2.11. The van der Waals surface area contributed by atoms with Crippen LogP contribution in [0.5, 0.6) is 0 Å². The van der Waals surface area contributed by atoms with Crippen molar-refractivity contribution in [2.45, 2.75) is 19.8 Å². The van der Waals surface area contributed by atoms with Gasteiger partial charge in [0.15, 0.2) is 5.75 Å². The average molecular weight is 265 g/mol. The molecular weight excluding hydrogens is 250 g/mol. The summed E-state index contributed by atoms with van der Waals surface area (Å²) in [7, 11) is -3.82. The lowest BCUT2D eigenvalue weighted by molar-refractivity contribution is -0.143. The maximum atomic E-state index is 11.4. The summed E-state index contributed by atoms with van der Waals surface area (Å²) < 4.78 is 29.4. The van der Waals surface area contributed by atoms with Crippen LogP contribution in [0.2, 0.25) is 0 Å². The number of esters is 1. The highest BCUT2D eigenvalue weighted by Gasteiger charge is 2.50. The zero-order chi connectivity index (χ0) is 13.1. The third kappa shape index (κ3) is 3.97. The standard InChI is InChI=1S/C9H15NO6S/c1-2-16-7(11)5-17(14,15)10-6-9(3-4-9)8(12)13/h10H,2-6H2,1H3,(H,12,13). The number of ether oxygens (including phenoxy) is 1. The Labute approximate surface area is 99.2 Å². The Morgan fingerprint density at radius 3 is 2.41 bits per heavy atom. The van der Waals surface area contributed by atoms with Crippen LogP contribution in [0, 0.1) is 5.41 Å². The number of nitrogens with one attached hydrogen (secondary N) is 1. The fourth-order valence-corrected chi connectivity index (χ4v) is 2.27. The van der Waals surface area contributed by atoms with Crippen molar-refractivity contribution in [1.82, 2.24) is 4.72 Å². The van der Waals surface area contributed by atoms with Gasteiger partial charge in [0.1, 0.15) is 0 Å². The molecule has 0 aromatic rings. The van der Waals surface area contributed by atoms with Crippen molar-refractivity contribution in [2.75, 3.05) is 18.9 Å². The molecule has 1 rings (SSSR count). The number of rotatable bonds is 7. The van der Waals surface area contributed by atoms with Crippen LogP contribution in [-0.2, 0) is 24.3 Å². The molecule has 1 fully saturated rings. The molecule has 17 heavy (non-hydrogen) atoms. The summed E-state index contributed by atoms with van der Waals surface area (Å²) in [5.41, 5.74) is -0.984. The highest BCUT2D eigenvalue weighted by molar-refractivity contribution is 7.90. The van der Waals surface area contributed by atoms with E-state index in [-0.39, 0.29) is 13.2 Å². The van der Waals surface area contributed by atoms with Crippen LogP contribution >= 0.6 is 0 Å². The van der Waals surface area contributed by atoms with E-state index in [0.717, 1.165) is 0 Å². The molecule has 1 aliphatic carbocycles. The number of hydrogen-bond donors (Lipinski definition) is 2. The largest absolute Gasteiger partial charge is 0.481 e. The molecule has 0 atom stereocenters. The molecule has 8 heteroatoms. The second kappa shape index (κ2) is 5.01. The van der Waals surface area contributed by atoms with E-state index in [1.54, 1.807) is 6.92 Å². The first-order valence-electron chi connectivity index (χ1n) is 5.18. The van der Waals surface area contributed by atoms with Crippen molar-refractivity contribution in [3.8, 4) is 0 Å². The van der Waals surface area contributed by atoms with Crippen LogP contribution in [0.1, 0.15) is 19.8 Å². The molecular formula is C9H15NO6S. The predicted octanol–water partition coefficient (Wildman–Crippen LogP) is -0.666. The summed E-state index contributed by atoms with van der Waals surface area (Å²) in [5, 5.41) is 8.84. The van der Waals surface area contributed by atoms with Crippen molar-refractivity contribution < 1.29 is 27.9 Å². The van der Waals surface area contributed by atoms with Gasteiger partial charge in [0.25, 0.3) is 0 Å². The monoisotopic (exact) mass is 265 g/mol. The van der Waals surface area contributed by atoms with Crippen LogP contribution in [0.3, 0.4) is 0 Å². The van der Waals surface area contributed by atoms with E-state index >= 15 is 0 Å². The maximum Gasteiger partial charge on any atom is 0.322 e. The normalized spacial score (nSPS) is 17.5. The summed E-state index contributed by atoms with van der Waals surface area (Å²) in [6, 6.07) is 0. The number of carboxylic acid groups (broad SMARTS) is 1. The number of carbonyl (C=O) groups excluding carboxylic acids is 1. The molecule has 0 aromatic carbocycles. The van der Waals surface area contributed by atoms with E-state index in [0.29, 0.717) is 12.8 Å². The first kappa shape index (κ1) is 13.9. The third-order valence-corrected chi connectivity index (χ3v) is 3.75. The van der Waals surface area contributed by atoms with Gasteiger partial charge in [-0.25, -0.2) is 13.1 Å². The molecule has 0 aromatic heterocycles. The summed E-state index contributed by atoms with van der Waals surface area (Å²) in [4.78, 5) is 21.8. The van der Waals surface area contributed by atoms with E-state index in [1.807, 2.05) is 0 Å². The Hall–Kier alpha value is -1.15. The summed E-state index contributed by atoms with van der Waals surface area (Å²) in [6.07, 6.45) is 0.897. The highest BCUT2D eigenvalue weighted by Crippen LogP contribution is 2.45. The molecule has 0 amide bonds. The second-order valence-corrected chi connectivity index (χ2v) is 5.78. The van der Waals surface area contributed by atoms with Crippen LogP contribution < -0.4 is 4.72 Å². The maximum absolute atomic E-state index is 11.4. The zero-order valence-corrected chi connectivity index (χ0v) is 10.2. The zero-order valence-electron chi connectivity index (χ0n) is 9.43. The van der Waals surface area contributed by atoms with Gasteiger partial charge in [-0.2, -0.15) is 0 Å². The minimum absolute atomic E-state index is 0.105. The quantitative estimate of drug-likeness (QED) is 0.591. The molecule has 0 spiro atoms. The molecule has 0 unspecified atom stereocenters. The van der Waals surface area contributed by atoms with Crippen molar-refractivity contribution >= 4 is 22.0 Å². The van der Waals surface area contributed by atoms with Gasteiger partial charge < -0.3 is 9.84 Å². The molecule has 1 aliphatic rings. The van der Waals surface area contributed by atoms with E-state index in [1.165, 1.54) is 0 Å². The molecule has 0 radical (unpaired) electrons. The van der Waals surface area contributed by atoms with Gasteiger partial charge in [-0.05, 0) is 19.8 Å². The van der Waals surface area contributed by atoms with Gasteiger partial charge >= 0.3 is 11.9 Å². The lowest BCUT2D eigenvalue weighted by Crippen LogP contribution is -2.37. The molecule has 98 valence electrons. The van der Waals surface area contributed by atoms with E-state index in [2.05, 4.69) is 9.46 Å². The van der Waals surface area contributed by atoms with Gasteiger partial charge in [-0.3, -0.25) is 9.59 Å². The van der Waals surface area contributed by atoms with Crippen LogP contribution in [0.25, 0.3) is 0 Å². The van der Waals surface area contributed by atoms with Crippen LogP contribution in [0.15, 0.2) is 0 Å². The van der Waals surface area contributed by atoms with Gasteiger partial charge in [0.05, 0.1) is 12.0 Å². The van der Waals surface area contributed by atoms with Gasteiger partial charge in [0, 0.05) is 6.54 Å². The van der Waals surface area contributed by atoms with Crippen molar-refractivity contribution in [3.05, 3.63) is 0 Å². The molecule has 0 saturated heterocycles. The molecule has 7 nitrogen and oxygen atoms in total. The lowest BCUT2D eigenvalue weighted by atomic mass is 10.1. The van der Waals surface area contributed by atoms with E-state index in [4.69, 9.17) is 5.11 Å². The Kier molecular flexibility index (Phi) is 4.10. The van der Waals surface area contributed by atoms with E-state index in [9.17, 15) is 18.0 Å². The number of carbonyl (C=O) groups is 2. The summed E-state index contributed by atoms with van der Waals surface area (Å²) in [5.74, 6) is -2.65. The van der Waals surface area contributed by atoms with E-state index < -0.39 is 33.1 Å². The minimum atomic E-state index is -3.82. The van der Waals surface area contributed by atoms with Crippen molar-refractivity contribution in [2.24, 2.45) is 5.41 Å². The Balaban J connectivity index is 2.45. The van der Waals surface area contributed by atoms with Gasteiger partial charge in [-0.1, -0.05) is 0 Å². The highest BCUT2D eigenvalue weighted by atomic mass is 32.2. The van der Waals surface area contributed by atoms with Gasteiger partial charge in [-0.15, -0.1) is 0 Å². The predicted molar refractivity (Wildman–Crippen MR) is 57.7 cm³/mol. The molecule has 1 saturated carbocycles. The summed E-state index contributed by atoms with van der Waals surface area (Å²) in [6.45, 7) is 1.50. The molecule has 0 aliphatic heterocycles. The minimum Gasteiger partial charge on any atom is -0.481 e. The fraction of sp³-hybridized carbons (Fsp3) is 0.778. The second-order valence-electron chi connectivity index (χ2n) is 3.97. The third-order valence-electron chi connectivity index (χ3n) is 2.55. The first-order chi connectivity index (χ1) is 7.81. The van der Waals surface area contributed by atoms with Crippen molar-refractivity contribution in [3.63, 3.8) is 0 Å². The summed E-state index contributed by atoms with van der Waals surface area (Å²) >= 11 is 0. The van der Waals surface area contributed by atoms with Gasteiger partial charge in [0.2, 0.25) is 10.0 Å². The van der Waals surface area contributed by atoms with Crippen LogP contribution in [-0.4, -0.2) is 44.4 Å². The SMILES string of the molecule is CCOC(=O)CS(=O)(=O)NCC1(C(=O)O)CC1. The molecule has 2 N–H and O–H groups in total. The smallest absolute Gasteiger partial charge is 0.322 e. The number of hydrogen-bond acceptors (Lipinski definition) is 5. The topological polar surface area (TPSA) is 110 Å².